The molecule has 2 rings (SSSR count). The van der Waals surface area contributed by atoms with Crippen molar-refractivity contribution in [2.75, 3.05) is 0 Å². The fraction of sp³-hybridized carbons (Fsp3) is 0.235. The highest BCUT2D eigenvalue weighted by atomic mass is 35.5. The Kier molecular flexibility index (Phi) is 5.19. The molecule has 0 aliphatic carbocycles. The van der Waals surface area contributed by atoms with Crippen LogP contribution in [0.15, 0.2) is 54.6 Å². The van der Waals surface area contributed by atoms with Crippen LogP contribution in [0.5, 0.6) is 0 Å². The molecule has 0 saturated carbocycles. The zero-order valence-electron chi connectivity index (χ0n) is 11.5. The Hall–Kier alpha value is -1.80. The second-order valence-corrected chi connectivity index (χ2v) is 5.17. The predicted octanol–water partition coefficient (Wildman–Crippen LogP) is 4.61. The highest BCUT2D eigenvalue weighted by Gasteiger charge is 2.14. The summed E-state index contributed by atoms with van der Waals surface area (Å²) in [6.45, 7) is 2.11. The molecule has 0 aromatic heterocycles. The van der Waals surface area contributed by atoms with Crippen LogP contribution in [-0.2, 0) is 0 Å². The van der Waals surface area contributed by atoms with Gasteiger partial charge >= 0.3 is 0 Å². The van der Waals surface area contributed by atoms with Gasteiger partial charge in [-0.25, -0.2) is 0 Å². The van der Waals surface area contributed by atoms with E-state index in [1.165, 1.54) is 0 Å². The average Bonchev–Trinajstić information content (AvgIpc) is 2.47. The molecule has 2 aromatic rings. The minimum Gasteiger partial charge on any atom is -0.345 e. The van der Waals surface area contributed by atoms with Crippen LogP contribution in [0.3, 0.4) is 0 Å². The highest BCUT2D eigenvalue weighted by Crippen LogP contribution is 2.19. The second kappa shape index (κ2) is 7.11. The Morgan fingerprint density at radius 3 is 2.55 bits per heavy atom. The van der Waals surface area contributed by atoms with Crippen molar-refractivity contribution in [2.45, 2.75) is 25.8 Å². The molecule has 1 amide bonds. The number of halogens is 1. The molecule has 0 heterocycles. The van der Waals surface area contributed by atoms with E-state index in [9.17, 15) is 4.79 Å². The van der Waals surface area contributed by atoms with Gasteiger partial charge in [0.15, 0.2) is 0 Å². The average molecular weight is 288 g/mol. The zero-order valence-corrected chi connectivity index (χ0v) is 12.2. The van der Waals surface area contributed by atoms with E-state index in [0.717, 1.165) is 18.4 Å². The van der Waals surface area contributed by atoms with Crippen LogP contribution in [0, 0.1) is 0 Å². The third-order valence-electron chi connectivity index (χ3n) is 3.17. The van der Waals surface area contributed by atoms with Gasteiger partial charge in [-0.2, -0.15) is 0 Å². The summed E-state index contributed by atoms with van der Waals surface area (Å²) >= 11 is 5.92. The quantitative estimate of drug-likeness (QED) is 0.855. The van der Waals surface area contributed by atoms with Crippen LogP contribution >= 0.6 is 11.6 Å². The van der Waals surface area contributed by atoms with Crippen LogP contribution < -0.4 is 5.32 Å². The fourth-order valence-corrected chi connectivity index (χ4v) is 2.36. The first kappa shape index (κ1) is 14.6. The van der Waals surface area contributed by atoms with Crippen molar-refractivity contribution in [3.05, 3.63) is 70.7 Å². The van der Waals surface area contributed by atoms with Crippen molar-refractivity contribution < 1.29 is 4.79 Å². The molecule has 1 N–H and O–H groups in total. The Morgan fingerprint density at radius 1 is 1.15 bits per heavy atom. The van der Waals surface area contributed by atoms with Gasteiger partial charge < -0.3 is 5.32 Å². The first-order valence-electron chi connectivity index (χ1n) is 6.82. The van der Waals surface area contributed by atoms with E-state index >= 15 is 0 Å². The standard InChI is InChI=1S/C17H18ClNO/c1-2-7-16(13-8-4-3-5-9-13)19-17(20)14-10-6-11-15(18)12-14/h3-6,8-12,16H,2,7H2,1H3,(H,19,20). The predicted molar refractivity (Wildman–Crippen MR) is 83.0 cm³/mol. The van der Waals surface area contributed by atoms with E-state index in [1.54, 1.807) is 24.3 Å². The van der Waals surface area contributed by atoms with Gasteiger partial charge in [-0.05, 0) is 30.2 Å². The van der Waals surface area contributed by atoms with E-state index in [0.29, 0.717) is 10.6 Å². The lowest BCUT2D eigenvalue weighted by atomic mass is 10.0. The molecule has 1 unspecified atom stereocenters. The smallest absolute Gasteiger partial charge is 0.251 e. The highest BCUT2D eigenvalue weighted by molar-refractivity contribution is 6.30. The zero-order chi connectivity index (χ0) is 14.4. The lowest BCUT2D eigenvalue weighted by Crippen LogP contribution is -2.28. The SMILES string of the molecule is CCCC(NC(=O)c1cccc(Cl)c1)c1ccccc1. The van der Waals surface area contributed by atoms with E-state index in [2.05, 4.69) is 12.2 Å². The van der Waals surface area contributed by atoms with Crippen molar-refractivity contribution in [1.29, 1.82) is 0 Å². The van der Waals surface area contributed by atoms with Gasteiger partial charge in [-0.1, -0.05) is 61.3 Å². The molecule has 104 valence electrons. The normalized spacial score (nSPS) is 11.9. The maximum Gasteiger partial charge on any atom is 0.251 e. The van der Waals surface area contributed by atoms with E-state index in [1.807, 2.05) is 30.3 Å². The summed E-state index contributed by atoms with van der Waals surface area (Å²) in [6.07, 6.45) is 1.92. The Labute approximate surface area is 124 Å². The van der Waals surface area contributed by atoms with Gasteiger partial charge in [0.25, 0.3) is 5.91 Å². The van der Waals surface area contributed by atoms with Crippen molar-refractivity contribution in [3.8, 4) is 0 Å². The molecule has 0 aliphatic heterocycles. The molecule has 0 spiro atoms. The number of hydrogen-bond donors (Lipinski definition) is 1. The third kappa shape index (κ3) is 3.84. The molecular formula is C17H18ClNO. The van der Waals surface area contributed by atoms with Gasteiger partial charge in [0.05, 0.1) is 6.04 Å². The fourth-order valence-electron chi connectivity index (χ4n) is 2.17. The molecule has 0 aliphatic rings. The molecule has 0 radical (unpaired) electrons. The lowest BCUT2D eigenvalue weighted by Gasteiger charge is -2.18. The van der Waals surface area contributed by atoms with Crippen LogP contribution in [0.25, 0.3) is 0 Å². The summed E-state index contributed by atoms with van der Waals surface area (Å²) in [7, 11) is 0. The topological polar surface area (TPSA) is 29.1 Å². The first-order chi connectivity index (χ1) is 9.70. The van der Waals surface area contributed by atoms with Gasteiger partial charge in [0.1, 0.15) is 0 Å². The molecule has 0 bridgehead atoms. The number of hydrogen-bond acceptors (Lipinski definition) is 1. The summed E-state index contributed by atoms with van der Waals surface area (Å²) in [5.74, 6) is -0.0881. The Bertz CT molecular complexity index is 568. The largest absolute Gasteiger partial charge is 0.345 e. The molecule has 0 saturated heterocycles. The Morgan fingerprint density at radius 2 is 1.90 bits per heavy atom. The molecule has 3 heteroatoms. The monoisotopic (exact) mass is 287 g/mol. The van der Waals surface area contributed by atoms with Crippen molar-refractivity contribution in [1.82, 2.24) is 5.32 Å². The molecular weight excluding hydrogens is 270 g/mol. The number of carbonyl (C=O) groups excluding carboxylic acids is 1. The molecule has 20 heavy (non-hydrogen) atoms. The molecule has 1 atom stereocenters. The van der Waals surface area contributed by atoms with Gasteiger partial charge in [-0.15, -0.1) is 0 Å². The first-order valence-corrected chi connectivity index (χ1v) is 7.20. The van der Waals surface area contributed by atoms with Crippen LogP contribution in [0.4, 0.5) is 0 Å². The minimum absolute atomic E-state index is 0.0349. The van der Waals surface area contributed by atoms with Crippen LogP contribution in [0.1, 0.15) is 41.7 Å². The molecule has 2 aromatic carbocycles. The number of benzene rings is 2. The number of carbonyl (C=O) groups is 1. The van der Waals surface area contributed by atoms with Crippen LogP contribution in [-0.4, -0.2) is 5.91 Å². The van der Waals surface area contributed by atoms with Crippen molar-refractivity contribution in [2.24, 2.45) is 0 Å². The summed E-state index contributed by atoms with van der Waals surface area (Å²) in [5.41, 5.74) is 1.72. The number of rotatable bonds is 5. The summed E-state index contributed by atoms with van der Waals surface area (Å²) < 4.78 is 0. The summed E-state index contributed by atoms with van der Waals surface area (Å²) in [6, 6.07) is 17.1. The maximum atomic E-state index is 12.3. The summed E-state index contributed by atoms with van der Waals surface area (Å²) in [4.78, 5) is 12.3. The van der Waals surface area contributed by atoms with Gasteiger partial charge in [0.2, 0.25) is 0 Å². The van der Waals surface area contributed by atoms with E-state index < -0.39 is 0 Å². The Balaban J connectivity index is 2.14. The van der Waals surface area contributed by atoms with E-state index in [-0.39, 0.29) is 11.9 Å². The van der Waals surface area contributed by atoms with Gasteiger partial charge in [-0.3, -0.25) is 4.79 Å². The van der Waals surface area contributed by atoms with Crippen molar-refractivity contribution in [3.63, 3.8) is 0 Å². The van der Waals surface area contributed by atoms with E-state index in [4.69, 9.17) is 11.6 Å². The van der Waals surface area contributed by atoms with Gasteiger partial charge in [0, 0.05) is 10.6 Å². The third-order valence-corrected chi connectivity index (χ3v) is 3.41. The number of nitrogens with one attached hydrogen (secondary N) is 1. The van der Waals surface area contributed by atoms with Crippen molar-refractivity contribution >= 4 is 17.5 Å². The summed E-state index contributed by atoms with van der Waals surface area (Å²) in [5, 5.41) is 3.65. The minimum atomic E-state index is -0.0881. The molecule has 0 fully saturated rings. The van der Waals surface area contributed by atoms with Crippen LogP contribution in [0.2, 0.25) is 5.02 Å². The second-order valence-electron chi connectivity index (χ2n) is 4.74. The maximum absolute atomic E-state index is 12.3. The lowest BCUT2D eigenvalue weighted by molar-refractivity contribution is 0.0934. The number of amides is 1. The molecule has 2 nitrogen and oxygen atoms in total.